The zero-order chi connectivity index (χ0) is 17.4. The van der Waals surface area contributed by atoms with E-state index in [2.05, 4.69) is 20.4 Å². The summed E-state index contributed by atoms with van der Waals surface area (Å²) in [5.41, 5.74) is 2.02. The van der Waals surface area contributed by atoms with Gasteiger partial charge in [0, 0.05) is 19.1 Å². The molecule has 0 aromatic carbocycles. The fourth-order valence-corrected chi connectivity index (χ4v) is 4.39. The third kappa shape index (κ3) is 2.88. The predicted molar refractivity (Wildman–Crippen MR) is 92.9 cm³/mol. The molecule has 3 aromatic rings. The molecule has 0 atom stereocenters. The van der Waals surface area contributed by atoms with Crippen LogP contribution in [0.1, 0.15) is 33.9 Å². The molecule has 1 aliphatic carbocycles. The summed E-state index contributed by atoms with van der Waals surface area (Å²) in [6, 6.07) is 0. The van der Waals surface area contributed by atoms with Crippen LogP contribution in [-0.2, 0) is 22.3 Å². The van der Waals surface area contributed by atoms with E-state index in [0.29, 0.717) is 5.65 Å². The van der Waals surface area contributed by atoms with Crippen LogP contribution in [0.3, 0.4) is 0 Å². The maximum Gasteiger partial charge on any atom is 0.291 e. The van der Waals surface area contributed by atoms with Crippen molar-refractivity contribution in [2.45, 2.75) is 32.0 Å². The monoisotopic (exact) mass is 361 g/mol. The molecule has 0 bridgehead atoms. The number of hydrogen-bond donors (Lipinski definition) is 1. The van der Waals surface area contributed by atoms with Crippen molar-refractivity contribution in [2.24, 2.45) is 0 Å². The first-order valence-electron chi connectivity index (χ1n) is 8.20. The first-order valence-corrected chi connectivity index (χ1v) is 9.02. The number of aromatic nitrogens is 4. The number of ether oxygens (including phenoxy) is 2. The standard InChI is InChI=1S/C16H19N5O3S/c1-23-11(24-2)7-17-15(22)13-19-14-12-9-5-3-4-6-10(9)25-16(12)18-8-21(14)20-13/h8,11H,3-7H2,1-2H3,(H,17,22). The van der Waals surface area contributed by atoms with E-state index in [1.165, 1.54) is 37.5 Å². The van der Waals surface area contributed by atoms with Gasteiger partial charge in [-0.3, -0.25) is 4.79 Å². The first-order chi connectivity index (χ1) is 12.2. The lowest BCUT2D eigenvalue weighted by Crippen LogP contribution is -2.34. The minimum Gasteiger partial charge on any atom is -0.354 e. The smallest absolute Gasteiger partial charge is 0.291 e. The number of rotatable bonds is 5. The summed E-state index contributed by atoms with van der Waals surface area (Å²) in [6.07, 6.45) is 5.65. The van der Waals surface area contributed by atoms with Crippen LogP contribution in [-0.4, -0.2) is 52.5 Å². The van der Waals surface area contributed by atoms with Crippen molar-refractivity contribution in [3.63, 3.8) is 0 Å². The van der Waals surface area contributed by atoms with Crippen LogP contribution in [0.25, 0.3) is 15.9 Å². The Morgan fingerprint density at radius 1 is 1.36 bits per heavy atom. The fraction of sp³-hybridized carbons (Fsp3) is 0.500. The number of nitrogens with zero attached hydrogens (tertiary/aromatic N) is 4. The summed E-state index contributed by atoms with van der Waals surface area (Å²) in [5.74, 6) is -0.240. The largest absolute Gasteiger partial charge is 0.354 e. The Hall–Kier alpha value is -2.10. The van der Waals surface area contributed by atoms with E-state index in [1.54, 1.807) is 22.2 Å². The van der Waals surface area contributed by atoms with Crippen molar-refractivity contribution >= 4 is 33.1 Å². The molecule has 0 unspecified atom stereocenters. The van der Waals surface area contributed by atoms with E-state index in [-0.39, 0.29) is 18.3 Å². The summed E-state index contributed by atoms with van der Waals surface area (Å²) in [6.45, 7) is 0.225. The number of hydrogen-bond acceptors (Lipinski definition) is 7. The van der Waals surface area contributed by atoms with Gasteiger partial charge in [0.25, 0.3) is 5.91 Å². The molecule has 3 aromatic heterocycles. The van der Waals surface area contributed by atoms with Gasteiger partial charge in [0.2, 0.25) is 5.82 Å². The number of methoxy groups -OCH3 is 2. The van der Waals surface area contributed by atoms with Gasteiger partial charge in [-0.1, -0.05) is 0 Å². The Labute approximate surface area is 148 Å². The van der Waals surface area contributed by atoms with Crippen LogP contribution in [0, 0.1) is 0 Å². The Morgan fingerprint density at radius 2 is 2.16 bits per heavy atom. The number of nitrogens with one attached hydrogen (secondary N) is 1. The number of carbonyl (C=O) groups excluding carboxylic acids is 1. The van der Waals surface area contributed by atoms with E-state index in [9.17, 15) is 4.79 Å². The Bertz CT molecular complexity index is 931. The molecule has 0 saturated heterocycles. The molecular weight excluding hydrogens is 342 g/mol. The Morgan fingerprint density at radius 3 is 2.96 bits per heavy atom. The zero-order valence-corrected chi connectivity index (χ0v) is 14.9. The number of carbonyl (C=O) groups is 1. The molecule has 1 amide bonds. The second-order valence-corrected chi connectivity index (χ2v) is 7.03. The van der Waals surface area contributed by atoms with Gasteiger partial charge < -0.3 is 14.8 Å². The van der Waals surface area contributed by atoms with Crippen molar-refractivity contribution in [3.05, 3.63) is 22.6 Å². The maximum atomic E-state index is 12.3. The summed E-state index contributed by atoms with van der Waals surface area (Å²) >= 11 is 1.73. The minimum absolute atomic E-state index is 0.121. The van der Waals surface area contributed by atoms with Crippen LogP contribution in [0.2, 0.25) is 0 Å². The zero-order valence-electron chi connectivity index (χ0n) is 14.1. The van der Waals surface area contributed by atoms with Gasteiger partial charge in [0.1, 0.15) is 11.2 Å². The van der Waals surface area contributed by atoms with Crippen molar-refractivity contribution < 1.29 is 14.3 Å². The van der Waals surface area contributed by atoms with Crippen molar-refractivity contribution in [1.29, 1.82) is 0 Å². The molecule has 25 heavy (non-hydrogen) atoms. The molecule has 1 aliphatic rings. The summed E-state index contributed by atoms with van der Waals surface area (Å²) in [4.78, 5) is 23.7. The number of amides is 1. The molecule has 132 valence electrons. The average molecular weight is 361 g/mol. The molecular formula is C16H19N5O3S. The van der Waals surface area contributed by atoms with Crippen molar-refractivity contribution in [3.8, 4) is 0 Å². The summed E-state index contributed by atoms with van der Waals surface area (Å²) in [7, 11) is 3.04. The maximum absolute atomic E-state index is 12.3. The molecule has 8 nitrogen and oxygen atoms in total. The van der Waals surface area contributed by atoms with E-state index >= 15 is 0 Å². The topological polar surface area (TPSA) is 90.6 Å². The van der Waals surface area contributed by atoms with E-state index in [0.717, 1.165) is 23.1 Å². The molecule has 4 rings (SSSR count). The number of fused-ring (bicyclic) bond motifs is 5. The lowest BCUT2D eigenvalue weighted by Gasteiger charge is -2.12. The highest BCUT2D eigenvalue weighted by molar-refractivity contribution is 7.19. The quantitative estimate of drug-likeness (QED) is 0.694. The van der Waals surface area contributed by atoms with Crippen LogP contribution >= 0.6 is 11.3 Å². The molecule has 3 heterocycles. The molecule has 0 aliphatic heterocycles. The van der Waals surface area contributed by atoms with Crippen LogP contribution in [0.5, 0.6) is 0 Å². The second-order valence-electron chi connectivity index (χ2n) is 5.95. The molecule has 9 heteroatoms. The number of aryl methyl sites for hydroxylation is 2. The molecule has 0 radical (unpaired) electrons. The summed E-state index contributed by atoms with van der Waals surface area (Å²) in [5, 5.41) is 8.04. The molecule has 0 saturated carbocycles. The molecule has 1 N–H and O–H groups in total. The highest BCUT2D eigenvalue weighted by atomic mass is 32.1. The minimum atomic E-state index is -0.502. The predicted octanol–water partition coefficient (Wildman–Crippen LogP) is 1.57. The van der Waals surface area contributed by atoms with Gasteiger partial charge >= 0.3 is 0 Å². The third-order valence-electron chi connectivity index (χ3n) is 4.45. The Kier molecular flexibility index (Phi) is 4.36. The van der Waals surface area contributed by atoms with Gasteiger partial charge in [0.05, 0.1) is 11.9 Å². The third-order valence-corrected chi connectivity index (χ3v) is 5.65. The second kappa shape index (κ2) is 6.66. The highest BCUT2D eigenvalue weighted by Gasteiger charge is 2.22. The highest BCUT2D eigenvalue weighted by Crippen LogP contribution is 2.36. The first kappa shape index (κ1) is 16.4. The fourth-order valence-electron chi connectivity index (χ4n) is 3.17. The summed E-state index contributed by atoms with van der Waals surface area (Å²) < 4.78 is 11.7. The van der Waals surface area contributed by atoms with E-state index < -0.39 is 6.29 Å². The van der Waals surface area contributed by atoms with Crippen molar-refractivity contribution in [1.82, 2.24) is 24.9 Å². The molecule has 0 spiro atoms. The van der Waals surface area contributed by atoms with Gasteiger partial charge in [-0.05, 0) is 31.2 Å². The average Bonchev–Trinajstić information content (AvgIpc) is 3.23. The molecule has 0 fully saturated rings. The van der Waals surface area contributed by atoms with Crippen LogP contribution in [0.4, 0.5) is 0 Å². The van der Waals surface area contributed by atoms with Gasteiger partial charge in [-0.2, -0.15) is 0 Å². The lowest BCUT2D eigenvalue weighted by atomic mass is 9.97. The number of thiophene rings is 1. The van der Waals surface area contributed by atoms with Gasteiger partial charge in [-0.25, -0.2) is 14.5 Å². The van der Waals surface area contributed by atoms with Crippen LogP contribution in [0.15, 0.2) is 6.33 Å². The van der Waals surface area contributed by atoms with Crippen molar-refractivity contribution in [2.75, 3.05) is 20.8 Å². The normalized spacial score (nSPS) is 14.4. The van der Waals surface area contributed by atoms with Gasteiger partial charge in [0.15, 0.2) is 11.9 Å². The van der Waals surface area contributed by atoms with E-state index in [1.807, 2.05) is 0 Å². The Balaban J connectivity index is 1.69. The van der Waals surface area contributed by atoms with E-state index in [4.69, 9.17) is 9.47 Å². The SMILES string of the molecule is COC(CNC(=O)c1nc2c3c4c(sc3ncn2n1)CCCC4)OC. The lowest BCUT2D eigenvalue weighted by molar-refractivity contribution is -0.0974. The van der Waals surface area contributed by atoms with Crippen LogP contribution < -0.4 is 5.32 Å². The van der Waals surface area contributed by atoms with Gasteiger partial charge in [-0.15, -0.1) is 16.4 Å².